The zero-order valence-corrected chi connectivity index (χ0v) is 22.3. The van der Waals surface area contributed by atoms with E-state index in [1.807, 2.05) is 18.2 Å². The number of amides is 2. The van der Waals surface area contributed by atoms with E-state index in [-0.39, 0.29) is 25.3 Å². The number of anilines is 1. The van der Waals surface area contributed by atoms with Crippen molar-refractivity contribution in [2.45, 2.75) is 39.0 Å². The van der Waals surface area contributed by atoms with E-state index < -0.39 is 24.0 Å². The SMILES string of the molecule is CC(=O)c1cn(CC(=O)N2C[C@H](F)C[C@H]2C(=O)Nc2cccc(Br)n2)c2ccc(-c3cnc(C)nc3)cc12. The molecule has 3 aromatic heterocycles. The summed E-state index contributed by atoms with van der Waals surface area (Å²) in [5.41, 5.74) is 2.77. The number of halogens is 2. The summed E-state index contributed by atoms with van der Waals surface area (Å²) in [6.07, 6.45) is 3.64. The van der Waals surface area contributed by atoms with E-state index in [1.54, 1.807) is 48.3 Å². The molecule has 2 atom stereocenters. The number of nitrogens with zero attached hydrogens (tertiary/aromatic N) is 5. The van der Waals surface area contributed by atoms with Crippen molar-refractivity contribution in [3.05, 3.63) is 71.0 Å². The molecule has 194 valence electrons. The highest BCUT2D eigenvalue weighted by molar-refractivity contribution is 9.10. The van der Waals surface area contributed by atoms with Gasteiger partial charge in [0.1, 0.15) is 35.0 Å². The van der Waals surface area contributed by atoms with Crippen LogP contribution in [0.2, 0.25) is 0 Å². The zero-order chi connectivity index (χ0) is 27.0. The maximum atomic E-state index is 14.4. The summed E-state index contributed by atoms with van der Waals surface area (Å²) in [4.78, 5) is 52.7. The van der Waals surface area contributed by atoms with Crippen LogP contribution in [0.5, 0.6) is 0 Å². The van der Waals surface area contributed by atoms with Gasteiger partial charge >= 0.3 is 0 Å². The van der Waals surface area contributed by atoms with Crippen molar-refractivity contribution in [3.8, 4) is 11.1 Å². The second-order valence-corrected chi connectivity index (χ2v) is 10.0. The second-order valence-electron chi connectivity index (χ2n) is 9.21. The molecule has 0 spiro atoms. The van der Waals surface area contributed by atoms with Crippen molar-refractivity contribution >= 4 is 50.2 Å². The van der Waals surface area contributed by atoms with Gasteiger partial charge in [0.05, 0.1) is 6.54 Å². The number of nitrogens with one attached hydrogen (secondary N) is 1. The molecule has 9 nitrogen and oxygen atoms in total. The number of hydrogen-bond donors (Lipinski definition) is 1. The first-order valence-corrected chi connectivity index (χ1v) is 12.8. The van der Waals surface area contributed by atoms with E-state index in [0.717, 1.165) is 11.1 Å². The molecule has 4 heterocycles. The molecular formula is C27H24BrFN6O3. The molecule has 1 N–H and O–H groups in total. The molecule has 0 aliphatic carbocycles. The summed E-state index contributed by atoms with van der Waals surface area (Å²) in [6, 6.07) is 9.64. The lowest BCUT2D eigenvalue weighted by Crippen LogP contribution is -2.44. The predicted molar refractivity (Wildman–Crippen MR) is 143 cm³/mol. The van der Waals surface area contributed by atoms with E-state index >= 15 is 0 Å². The number of benzene rings is 1. The first-order chi connectivity index (χ1) is 18.2. The van der Waals surface area contributed by atoms with Gasteiger partial charge in [0, 0.05) is 47.0 Å². The lowest BCUT2D eigenvalue weighted by molar-refractivity contribution is -0.137. The van der Waals surface area contributed by atoms with Gasteiger partial charge in [0.2, 0.25) is 11.8 Å². The van der Waals surface area contributed by atoms with Gasteiger partial charge in [0.25, 0.3) is 0 Å². The number of hydrogen-bond acceptors (Lipinski definition) is 6. The third-order valence-electron chi connectivity index (χ3n) is 6.52. The van der Waals surface area contributed by atoms with E-state index in [0.29, 0.717) is 32.7 Å². The number of carbonyl (C=O) groups excluding carboxylic acids is 3. The van der Waals surface area contributed by atoms with Crippen molar-refractivity contribution < 1.29 is 18.8 Å². The highest BCUT2D eigenvalue weighted by Gasteiger charge is 2.40. The van der Waals surface area contributed by atoms with Crippen LogP contribution in [0.15, 0.2) is 59.6 Å². The van der Waals surface area contributed by atoms with Crippen LogP contribution in [0.25, 0.3) is 22.0 Å². The molecule has 2 amide bonds. The maximum Gasteiger partial charge on any atom is 0.248 e. The Labute approximate surface area is 226 Å². The number of carbonyl (C=O) groups is 3. The topological polar surface area (TPSA) is 110 Å². The second kappa shape index (κ2) is 10.4. The number of rotatable bonds is 6. The number of fused-ring (bicyclic) bond motifs is 1. The smallest absolute Gasteiger partial charge is 0.248 e. The standard InChI is InChI=1S/C27H24BrFN6O3/c1-15(36)21-13-34(22-7-6-17(8-20(21)22)18-10-30-16(2)31-11-18)14-26(37)35-12-19(29)9-23(35)27(38)33-25-5-3-4-24(28)32-25/h3-8,10-11,13,19,23H,9,12,14H2,1-2H3,(H,32,33,38)/t19-,23+/m1/s1. The molecule has 0 saturated carbocycles. The molecule has 0 radical (unpaired) electrons. The minimum absolute atomic E-state index is 0.0985. The number of aromatic nitrogens is 4. The maximum absolute atomic E-state index is 14.4. The van der Waals surface area contributed by atoms with Gasteiger partial charge in [-0.05, 0) is 59.6 Å². The predicted octanol–water partition coefficient (Wildman–Crippen LogP) is 4.34. The number of alkyl halides is 1. The minimum Gasteiger partial charge on any atom is -0.337 e. The molecule has 1 aliphatic rings. The van der Waals surface area contributed by atoms with Gasteiger partial charge in [-0.1, -0.05) is 12.1 Å². The summed E-state index contributed by atoms with van der Waals surface area (Å²) in [7, 11) is 0. The molecule has 5 rings (SSSR count). The van der Waals surface area contributed by atoms with Crippen LogP contribution in [0, 0.1) is 6.92 Å². The molecule has 4 aromatic rings. The largest absolute Gasteiger partial charge is 0.337 e. The fourth-order valence-corrected chi connectivity index (χ4v) is 5.01. The first-order valence-electron chi connectivity index (χ1n) is 12.0. The van der Waals surface area contributed by atoms with Crippen molar-refractivity contribution in [1.29, 1.82) is 0 Å². The van der Waals surface area contributed by atoms with Gasteiger partial charge < -0.3 is 14.8 Å². The Morgan fingerprint density at radius 2 is 1.89 bits per heavy atom. The van der Waals surface area contributed by atoms with Gasteiger partial charge in [-0.2, -0.15) is 0 Å². The number of likely N-dealkylation sites (tertiary alicyclic amines) is 1. The number of pyridine rings is 1. The van der Waals surface area contributed by atoms with Gasteiger partial charge in [-0.15, -0.1) is 0 Å². The highest BCUT2D eigenvalue weighted by atomic mass is 79.9. The Hall–Kier alpha value is -3.99. The molecule has 11 heteroatoms. The third kappa shape index (κ3) is 5.19. The van der Waals surface area contributed by atoms with Gasteiger partial charge in [0.15, 0.2) is 5.78 Å². The summed E-state index contributed by atoms with van der Waals surface area (Å²) >= 11 is 3.25. The molecule has 1 aromatic carbocycles. The van der Waals surface area contributed by atoms with Crippen molar-refractivity contribution in [3.63, 3.8) is 0 Å². The van der Waals surface area contributed by atoms with E-state index in [4.69, 9.17) is 0 Å². The molecule has 0 unspecified atom stereocenters. The molecular weight excluding hydrogens is 555 g/mol. The molecule has 1 saturated heterocycles. The average molecular weight is 579 g/mol. The van der Waals surface area contributed by atoms with Crippen LogP contribution in [-0.4, -0.2) is 60.8 Å². The van der Waals surface area contributed by atoms with Crippen LogP contribution in [0.4, 0.5) is 10.2 Å². The van der Waals surface area contributed by atoms with E-state index in [1.165, 1.54) is 11.8 Å². The lowest BCUT2D eigenvalue weighted by Gasteiger charge is -2.24. The number of ketones is 1. The normalized spacial score (nSPS) is 17.1. The van der Waals surface area contributed by atoms with Crippen LogP contribution >= 0.6 is 15.9 Å². The Morgan fingerprint density at radius 3 is 2.61 bits per heavy atom. The highest BCUT2D eigenvalue weighted by Crippen LogP contribution is 2.29. The summed E-state index contributed by atoms with van der Waals surface area (Å²) < 4.78 is 16.6. The average Bonchev–Trinajstić information content (AvgIpc) is 3.45. The van der Waals surface area contributed by atoms with Gasteiger partial charge in [-0.3, -0.25) is 14.4 Å². The van der Waals surface area contributed by atoms with Crippen LogP contribution in [-0.2, 0) is 16.1 Å². The summed E-state index contributed by atoms with van der Waals surface area (Å²) in [6.45, 7) is 2.93. The van der Waals surface area contributed by atoms with E-state index in [2.05, 4.69) is 36.2 Å². The Balaban J connectivity index is 1.41. The fraction of sp³-hybridized carbons (Fsp3) is 0.259. The van der Waals surface area contributed by atoms with Crippen LogP contribution < -0.4 is 5.32 Å². The summed E-state index contributed by atoms with van der Waals surface area (Å²) in [5.74, 6) is -0.119. The Kier molecular flexibility index (Phi) is 7.02. The van der Waals surface area contributed by atoms with Crippen LogP contribution in [0.1, 0.15) is 29.5 Å². The number of Topliss-reactive ketones (excluding diaryl/α,β-unsaturated/α-hetero) is 1. The van der Waals surface area contributed by atoms with Crippen LogP contribution in [0.3, 0.4) is 0 Å². The van der Waals surface area contributed by atoms with Crippen molar-refractivity contribution in [1.82, 2.24) is 24.4 Å². The molecule has 0 bridgehead atoms. The lowest BCUT2D eigenvalue weighted by atomic mass is 10.0. The zero-order valence-electron chi connectivity index (χ0n) is 20.7. The monoisotopic (exact) mass is 578 g/mol. The van der Waals surface area contributed by atoms with E-state index in [9.17, 15) is 18.8 Å². The Bertz CT molecular complexity index is 1550. The number of aryl methyl sites for hydroxylation is 1. The quantitative estimate of drug-likeness (QED) is 0.269. The summed E-state index contributed by atoms with van der Waals surface area (Å²) in [5, 5.41) is 3.35. The molecule has 1 aliphatic heterocycles. The van der Waals surface area contributed by atoms with Crippen molar-refractivity contribution in [2.24, 2.45) is 0 Å². The first kappa shape index (κ1) is 25.7. The fourth-order valence-electron chi connectivity index (χ4n) is 4.66. The van der Waals surface area contributed by atoms with Crippen molar-refractivity contribution in [2.75, 3.05) is 11.9 Å². The Morgan fingerprint density at radius 1 is 1.13 bits per heavy atom. The van der Waals surface area contributed by atoms with Gasteiger partial charge in [-0.25, -0.2) is 19.3 Å². The molecule has 38 heavy (non-hydrogen) atoms. The third-order valence-corrected chi connectivity index (χ3v) is 6.96. The minimum atomic E-state index is -1.32. The molecule has 1 fully saturated rings.